The van der Waals surface area contributed by atoms with E-state index in [2.05, 4.69) is 15.2 Å². The predicted octanol–water partition coefficient (Wildman–Crippen LogP) is 3.42. The van der Waals surface area contributed by atoms with Gasteiger partial charge in [0.05, 0.1) is 15.9 Å². The van der Waals surface area contributed by atoms with E-state index in [1.807, 2.05) is 55.5 Å². The van der Waals surface area contributed by atoms with Gasteiger partial charge in [-0.25, -0.2) is 17.7 Å². The fourth-order valence-electron chi connectivity index (χ4n) is 3.31. The predicted molar refractivity (Wildman–Crippen MR) is 109 cm³/mol. The van der Waals surface area contributed by atoms with Crippen molar-refractivity contribution in [2.24, 2.45) is 0 Å². The minimum atomic E-state index is -3.80. The highest BCUT2D eigenvalue weighted by atomic mass is 32.2. The first-order valence-electron chi connectivity index (χ1n) is 9.05. The molecule has 0 aliphatic carbocycles. The van der Waals surface area contributed by atoms with Crippen LogP contribution in [0.1, 0.15) is 23.9 Å². The number of hydrogen-bond acceptors (Lipinski definition) is 5. The molecule has 0 bridgehead atoms. The number of rotatable bonds is 4. The van der Waals surface area contributed by atoms with E-state index in [4.69, 9.17) is 0 Å². The van der Waals surface area contributed by atoms with E-state index < -0.39 is 10.0 Å². The van der Waals surface area contributed by atoms with Gasteiger partial charge in [0, 0.05) is 6.54 Å². The molecule has 0 aliphatic heterocycles. The van der Waals surface area contributed by atoms with E-state index in [0.717, 1.165) is 16.6 Å². The minimum absolute atomic E-state index is 0.224. The summed E-state index contributed by atoms with van der Waals surface area (Å²) in [5.74, 6) is 0.953. The van der Waals surface area contributed by atoms with E-state index in [1.165, 1.54) is 4.31 Å². The maximum absolute atomic E-state index is 13.4. The second-order valence-corrected chi connectivity index (χ2v) is 8.61. The van der Waals surface area contributed by atoms with Gasteiger partial charge in [0.25, 0.3) is 10.0 Å². The molecule has 0 aliphatic rings. The molecule has 8 heteroatoms. The second kappa shape index (κ2) is 6.56. The van der Waals surface area contributed by atoms with Crippen LogP contribution in [0.4, 0.5) is 5.82 Å². The Hall–Kier alpha value is -3.00. The molecule has 2 aromatic carbocycles. The average Bonchev–Trinajstić information content (AvgIpc) is 3.06. The Morgan fingerprint density at radius 3 is 2.46 bits per heavy atom. The van der Waals surface area contributed by atoms with Gasteiger partial charge in [-0.1, -0.05) is 18.2 Å². The third kappa shape index (κ3) is 2.72. The smallest absolute Gasteiger partial charge is 0.265 e. The summed E-state index contributed by atoms with van der Waals surface area (Å²) in [7, 11) is -3.80. The average molecular weight is 395 g/mol. The zero-order chi connectivity index (χ0) is 20.1. The number of anilines is 1. The van der Waals surface area contributed by atoms with E-state index in [9.17, 15) is 8.42 Å². The molecular weight excluding hydrogens is 374 g/mol. The molecule has 0 N–H and O–H groups in total. The van der Waals surface area contributed by atoms with Crippen LogP contribution in [0.5, 0.6) is 0 Å². The Balaban J connectivity index is 1.99. The van der Waals surface area contributed by atoms with Gasteiger partial charge in [-0.05, 0) is 63.1 Å². The molecule has 28 heavy (non-hydrogen) atoms. The molecule has 2 heterocycles. The van der Waals surface area contributed by atoms with Crippen LogP contribution in [-0.4, -0.2) is 34.5 Å². The monoisotopic (exact) mass is 395 g/mol. The van der Waals surface area contributed by atoms with Gasteiger partial charge in [0.1, 0.15) is 5.82 Å². The number of aromatic nitrogens is 4. The molecule has 0 spiro atoms. The molecule has 2 aromatic heterocycles. The van der Waals surface area contributed by atoms with E-state index in [0.29, 0.717) is 17.0 Å². The van der Waals surface area contributed by atoms with Crippen molar-refractivity contribution in [1.29, 1.82) is 0 Å². The number of fused-ring (bicyclic) bond motifs is 3. The quantitative estimate of drug-likeness (QED) is 0.529. The summed E-state index contributed by atoms with van der Waals surface area (Å²) in [5, 5.41) is 8.38. The van der Waals surface area contributed by atoms with Gasteiger partial charge in [-0.3, -0.25) is 4.40 Å². The number of benzene rings is 2. The first-order chi connectivity index (χ1) is 13.3. The molecule has 0 fully saturated rings. The largest absolute Gasteiger partial charge is 0.274 e. The van der Waals surface area contributed by atoms with Gasteiger partial charge in [0.2, 0.25) is 5.65 Å². The highest BCUT2D eigenvalue weighted by Crippen LogP contribution is 2.29. The maximum atomic E-state index is 13.4. The van der Waals surface area contributed by atoms with Crippen LogP contribution < -0.4 is 4.31 Å². The van der Waals surface area contributed by atoms with Crippen molar-refractivity contribution in [1.82, 2.24) is 19.6 Å². The lowest BCUT2D eigenvalue weighted by atomic mass is 10.1. The molecule has 0 unspecified atom stereocenters. The fourth-order valence-corrected chi connectivity index (χ4v) is 4.82. The highest BCUT2D eigenvalue weighted by Gasteiger charge is 2.28. The van der Waals surface area contributed by atoms with Gasteiger partial charge in [0.15, 0.2) is 5.82 Å². The summed E-state index contributed by atoms with van der Waals surface area (Å²) in [6, 6.07) is 12.7. The van der Waals surface area contributed by atoms with Crippen molar-refractivity contribution in [3.8, 4) is 0 Å². The summed E-state index contributed by atoms with van der Waals surface area (Å²) < 4.78 is 30.0. The zero-order valence-corrected chi connectivity index (χ0v) is 17.0. The van der Waals surface area contributed by atoms with Gasteiger partial charge in [-0.15, -0.1) is 10.2 Å². The van der Waals surface area contributed by atoms with Gasteiger partial charge < -0.3 is 0 Å². The Morgan fingerprint density at radius 2 is 1.75 bits per heavy atom. The van der Waals surface area contributed by atoms with Crippen LogP contribution in [0, 0.1) is 20.8 Å². The van der Waals surface area contributed by atoms with Crippen molar-refractivity contribution in [2.45, 2.75) is 32.6 Å². The van der Waals surface area contributed by atoms with E-state index >= 15 is 0 Å². The van der Waals surface area contributed by atoms with Gasteiger partial charge >= 0.3 is 0 Å². The lowest BCUT2D eigenvalue weighted by molar-refractivity contribution is 0.591. The first-order valence-corrected chi connectivity index (χ1v) is 10.5. The Morgan fingerprint density at radius 1 is 1.00 bits per heavy atom. The normalized spacial score (nSPS) is 12.0. The lowest BCUT2D eigenvalue weighted by Gasteiger charge is -2.23. The van der Waals surface area contributed by atoms with Crippen molar-refractivity contribution in [3.05, 3.63) is 59.4 Å². The lowest BCUT2D eigenvalue weighted by Crippen LogP contribution is -2.32. The molecule has 0 amide bonds. The Kier molecular flexibility index (Phi) is 4.30. The van der Waals surface area contributed by atoms with Crippen LogP contribution in [0.15, 0.2) is 47.4 Å². The maximum Gasteiger partial charge on any atom is 0.265 e. The molecule has 0 saturated carbocycles. The Labute approximate surface area is 163 Å². The van der Waals surface area contributed by atoms with E-state index in [-0.39, 0.29) is 17.3 Å². The number of hydrogen-bond donors (Lipinski definition) is 0. The zero-order valence-electron chi connectivity index (χ0n) is 16.2. The van der Waals surface area contributed by atoms with Crippen LogP contribution in [0.2, 0.25) is 0 Å². The van der Waals surface area contributed by atoms with Crippen LogP contribution >= 0.6 is 0 Å². The van der Waals surface area contributed by atoms with E-state index in [1.54, 1.807) is 19.1 Å². The fraction of sp³-hybridized carbons (Fsp3) is 0.250. The SMILES string of the molecule is CCN(c1nc2ccccc2n2c(C)nnc12)S(=O)(=O)c1ccc(C)c(C)c1. The molecule has 0 saturated heterocycles. The number of para-hydroxylation sites is 2. The van der Waals surface area contributed by atoms with Crippen molar-refractivity contribution < 1.29 is 8.42 Å². The molecule has 4 aromatic rings. The number of aryl methyl sites for hydroxylation is 3. The molecule has 0 radical (unpaired) electrons. The molecule has 7 nitrogen and oxygen atoms in total. The summed E-state index contributed by atoms with van der Waals surface area (Å²) in [5.41, 5.74) is 3.91. The topological polar surface area (TPSA) is 80.5 Å². The number of sulfonamides is 1. The molecule has 144 valence electrons. The summed E-state index contributed by atoms with van der Waals surface area (Å²) in [6.45, 7) is 7.71. The van der Waals surface area contributed by atoms with Gasteiger partial charge in [-0.2, -0.15) is 0 Å². The third-order valence-electron chi connectivity index (χ3n) is 4.96. The summed E-state index contributed by atoms with van der Waals surface area (Å²) in [6.07, 6.45) is 0. The molecular formula is C20H21N5O2S. The third-order valence-corrected chi connectivity index (χ3v) is 6.82. The first kappa shape index (κ1) is 18.4. The standard InChI is InChI=1S/C20H21N5O2S/c1-5-24(28(26,27)16-11-10-13(2)14(3)12-16)19-20-23-22-15(4)25(20)18-9-7-6-8-17(18)21-19/h6-12H,5H2,1-4H3. The summed E-state index contributed by atoms with van der Waals surface area (Å²) in [4.78, 5) is 4.88. The molecule has 0 atom stereocenters. The van der Waals surface area contributed by atoms with Crippen molar-refractivity contribution >= 4 is 32.5 Å². The number of nitrogens with zero attached hydrogens (tertiary/aromatic N) is 5. The van der Waals surface area contributed by atoms with Crippen molar-refractivity contribution in [3.63, 3.8) is 0 Å². The second-order valence-electron chi connectivity index (χ2n) is 6.75. The van der Waals surface area contributed by atoms with Crippen LogP contribution in [0.3, 0.4) is 0 Å². The Bertz CT molecular complexity index is 1310. The van der Waals surface area contributed by atoms with Crippen LogP contribution in [-0.2, 0) is 10.0 Å². The molecule has 4 rings (SSSR count). The minimum Gasteiger partial charge on any atom is -0.274 e. The van der Waals surface area contributed by atoms with Crippen molar-refractivity contribution in [2.75, 3.05) is 10.8 Å². The van der Waals surface area contributed by atoms with Crippen LogP contribution in [0.25, 0.3) is 16.7 Å². The highest BCUT2D eigenvalue weighted by molar-refractivity contribution is 7.92. The summed E-state index contributed by atoms with van der Waals surface area (Å²) >= 11 is 0.